The molecule has 0 fully saturated rings. The van der Waals surface area contributed by atoms with Gasteiger partial charge in [-0.2, -0.15) is 4.98 Å². The Labute approximate surface area is 184 Å². The number of oxazole rings is 1. The van der Waals surface area contributed by atoms with Crippen LogP contribution in [0.1, 0.15) is 0 Å². The van der Waals surface area contributed by atoms with Crippen molar-refractivity contribution in [3.63, 3.8) is 0 Å². The van der Waals surface area contributed by atoms with Crippen LogP contribution in [-0.2, 0) is 4.79 Å². The average molecular weight is 421 g/mol. The lowest BCUT2D eigenvalue weighted by atomic mass is 10.1. The van der Waals surface area contributed by atoms with Crippen LogP contribution < -0.4 is 10.1 Å². The van der Waals surface area contributed by atoms with Gasteiger partial charge in [-0.15, -0.1) is 0 Å². The highest BCUT2D eigenvalue weighted by Gasteiger charge is 2.09. The first-order chi connectivity index (χ1) is 15.7. The Hall–Kier alpha value is -4.45. The van der Waals surface area contributed by atoms with Gasteiger partial charge in [0.2, 0.25) is 5.89 Å². The van der Waals surface area contributed by atoms with E-state index in [-0.39, 0.29) is 12.5 Å². The summed E-state index contributed by atoms with van der Waals surface area (Å²) in [6, 6.07) is 28.7. The van der Waals surface area contributed by atoms with Gasteiger partial charge in [0.25, 0.3) is 5.91 Å². The van der Waals surface area contributed by atoms with Gasteiger partial charge in [-0.05, 0) is 59.7 Å². The summed E-state index contributed by atoms with van der Waals surface area (Å²) in [5, 5.41) is 2.83. The van der Waals surface area contributed by atoms with Crippen LogP contribution in [-0.4, -0.2) is 22.5 Å². The zero-order valence-electron chi connectivity index (χ0n) is 17.1. The van der Waals surface area contributed by atoms with Crippen molar-refractivity contribution in [3.05, 3.63) is 97.2 Å². The molecule has 32 heavy (non-hydrogen) atoms. The fraction of sp³-hybridized carbons (Fsp3) is 0.0385. The van der Waals surface area contributed by atoms with E-state index in [9.17, 15) is 4.79 Å². The molecule has 5 aromatic rings. The van der Waals surface area contributed by atoms with Gasteiger partial charge in [0.1, 0.15) is 5.75 Å². The van der Waals surface area contributed by atoms with Gasteiger partial charge in [0.15, 0.2) is 17.8 Å². The van der Waals surface area contributed by atoms with Crippen molar-refractivity contribution in [2.75, 3.05) is 11.9 Å². The highest BCUT2D eigenvalue weighted by atomic mass is 16.5. The molecule has 0 radical (unpaired) electrons. The molecule has 0 atom stereocenters. The largest absolute Gasteiger partial charge is 0.484 e. The smallest absolute Gasteiger partial charge is 0.262 e. The third-order valence-corrected chi connectivity index (χ3v) is 4.91. The molecule has 0 aliphatic carbocycles. The normalized spacial score (nSPS) is 10.8. The second-order valence-corrected chi connectivity index (χ2v) is 7.15. The van der Waals surface area contributed by atoms with Crippen LogP contribution in [0.4, 0.5) is 5.69 Å². The Morgan fingerprint density at radius 1 is 0.812 bits per heavy atom. The minimum atomic E-state index is -0.240. The van der Waals surface area contributed by atoms with E-state index in [1.54, 1.807) is 24.4 Å². The number of rotatable bonds is 6. The summed E-state index contributed by atoms with van der Waals surface area (Å²) in [5.41, 5.74) is 4.89. The third kappa shape index (κ3) is 4.34. The van der Waals surface area contributed by atoms with Crippen molar-refractivity contribution in [3.8, 4) is 28.3 Å². The molecule has 5 rings (SSSR count). The standard InChI is InChI=1S/C26H19N3O3/c30-24(17-31-22-14-10-19(11-15-22)18-5-2-1-3-6-18)28-21-12-8-20(9-13-21)26-29-25-23(32-26)7-4-16-27-25/h1-16H,17H2,(H,28,30). The molecule has 0 unspecified atom stereocenters. The molecule has 0 bridgehead atoms. The van der Waals surface area contributed by atoms with Crippen LogP contribution in [0.15, 0.2) is 102 Å². The van der Waals surface area contributed by atoms with Gasteiger partial charge in [-0.1, -0.05) is 42.5 Å². The second-order valence-electron chi connectivity index (χ2n) is 7.15. The van der Waals surface area contributed by atoms with Crippen molar-refractivity contribution < 1.29 is 13.9 Å². The molecule has 2 heterocycles. The molecule has 3 aromatic carbocycles. The number of carbonyl (C=O) groups is 1. The topological polar surface area (TPSA) is 77.2 Å². The number of pyridine rings is 1. The Morgan fingerprint density at radius 3 is 2.28 bits per heavy atom. The monoisotopic (exact) mass is 421 g/mol. The quantitative estimate of drug-likeness (QED) is 0.388. The van der Waals surface area contributed by atoms with Gasteiger partial charge in [-0.25, -0.2) is 4.98 Å². The SMILES string of the molecule is O=C(COc1ccc(-c2ccccc2)cc1)Nc1ccc(-c2nc3ncccc3o2)cc1. The predicted octanol–water partition coefficient (Wildman–Crippen LogP) is 5.57. The maximum absolute atomic E-state index is 12.3. The van der Waals surface area contributed by atoms with Gasteiger partial charge < -0.3 is 14.5 Å². The summed E-state index contributed by atoms with van der Waals surface area (Å²) in [6.07, 6.45) is 1.67. The number of ether oxygens (including phenoxy) is 1. The molecular formula is C26H19N3O3. The van der Waals surface area contributed by atoms with Crippen LogP contribution in [0.3, 0.4) is 0 Å². The minimum Gasteiger partial charge on any atom is -0.484 e. The van der Waals surface area contributed by atoms with Crippen molar-refractivity contribution in [2.24, 2.45) is 0 Å². The number of nitrogens with one attached hydrogen (secondary N) is 1. The molecule has 0 saturated carbocycles. The van der Waals surface area contributed by atoms with E-state index in [0.29, 0.717) is 28.6 Å². The molecule has 0 saturated heterocycles. The number of carbonyl (C=O) groups excluding carboxylic acids is 1. The lowest BCUT2D eigenvalue weighted by Gasteiger charge is -2.09. The van der Waals surface area contributed by atoms with Gasteiger partial charge >= 0.3 is 0 Å². The molecule has 1 N–H and O–H groups in total. The molecule has 1 amide bonds. The Bertz CT molecular complexity index is 1310. The zero-order chi connectivity index (χ0) is 21.8. The van der Waals surface area contributed by atoms with Crippen molar-refractivity contribution in [2.45, 2.75) is 0 Å². The fourth-order valence-corrected chi connectivity index (χ4v) is 3.31. The number of fused-ring (bicyclic) bond motifs is 1. The lowest BCUT2D eigenvalue weighted by Crippen LogP contribution is -2.20. The maximum atomic E-state index is 12.3. The van der Waals surface area contributed by atoms with E-state index in [0.717, 1.165) is 16.7 Å². The van der Waals surface area contributed by atoms with Crippen molar-refractivity contribution in [1.29, 1.82) is 0 Å². The number of benzene rings is 3. The first-order valence-corrected chi connectivity index (χ1v) is 10.1. The molecule has 6 heteroatoms. The highest BCUT2D eigenvalue weighted by Crippen LogP contribution is 2.25. The van der Waals surface area contributed by atoms with Crippen LogP contribution in [0, 0.1) is 0 Å². The molecule has 2 aromatic heterocycles. The van der Waals surface area contributed by atoms with E-state index in [1.165, 1.54) is 0 Å². The third-order valence-electron chi connectivity index (χ3n) is 4.91. The van der Waals surface area contributed by atoms with E-state index in [2.05, 4.69) is 27.4 Å². The van der Waals surface area contributed by atoms with Gasteiger partial charge in [-0.3, -0.25) is 4.79 Å². The molecule has 0 aliphatic rings. The van der Waals surface area contributed by atoms with E-state index < -0.39 is 0 Å². The fourth-order valence-electron chi connectivity index (χ4n) is 3.31. The summed E-state index contributed by atoms with van der Waals surface area (Å²) in [6.45, 7) is -0.0801. The summed E-state index contributed by atoms with van der Waals surface area (Å²) < 4.78 is 11.3. The molecule has 0 spiro atoms. The van der Waals surface area contributed by atoms with Crippen LogP contribution in [0.2, 0.25) is 0 Å². The molecule has 0 aliphatic heterocycles. The Morgan fingerprint density at radius 2 is 1.53 bits per heavy atom. The Kier molecular flexibility index (Phi) is 5.32. The molecular weight excluding hydrogens is 402 g/mol. The average Bonchev–Trinajstić information content (AvgIpc) is 3.28. The van der Waals surface area contributed by atoms with Gasteiger partial charge in [0.05, 0.1) is 0 Å². The minimum absolute atomic E-state index is 0.0801. The number of hydrogen-bond donors (Lipinski definition) is 1. The molecule has 6 nitrogen and oxygen atoms in total. The first-order valence-electron chi connectivity index (χ1n) is 10.1. The number of nitrogens with zero attached hydrogens (tertiary/aromatic N) is 2. The van der Waals surface area contributed by atoms with Crippen molar-refractivity contribution >= 4 is 22.8 Å². The van der Waals surface area contributed by atoms with Crippen LogP contribution >= 0.6 is 0 Å². The van der Waals surface area contributed by atoms with E-state index in [1.807, 2.05) is 60.7 Å². The zero-order valence-corrected chi connectivity index (χ0v) is 17.1. The summed E-state index contributed by atoms with van der Waals surface area (Å²) in [4.78, 5) is 20.8. The number of amides is 1. The first kappa shape index (κ1) is 19.5. The van der Waals surface area contributed by atoms with Crippen molar-refractivity contribution in [1.82, 2.24) is 9.97 Å². The van der Waals surface area contributed by atoms with E-state index >= 15 is 0 Å². The van der Waals surface area contributed by atoms with Gasteiger partial charge in [0, 0.05) is 17.4 Å². The highest BCUT2D eigenvalue weighted by molar-refractivity contribution is 5.92. The van der Waals surface area contributed by atoms with Crippen LogP contribution in [0.25, 0.3) is 33.8 Å². The predicted molar refractivity (Wildman–Crippen MR) is 123 cm³/mol. The van der Waals surface area contributed by atoms with E-state index in [4.69, 9.17) is 9.15 Å². The summed E-state index contributed by atoms with van der Waals surface area (Å²) in [5.74, 6) is 0.884. The lowest BCUT2D eigenvalue weighted by molar-refractivity contribution is -0.118. The summed E-state index contributed by atoms with van der Waals surface area (Å²) in [7, 11) is 0. The summed E-state index contributed by atoms with van der Waals surface area (Å²) >= 11 is 0. The van der Waals surface area contributed by atoms with Crippen LogP contribution in [0.5, 0.6) is 5.75 Å². The number of anilines is 1. The number of hydrogen-bond acceptors (Lipinski definition) is 5. The Balaban J connectivity index is 1.17. The number of aromatic nitrogens is 2. The second kappa shape index (κ2) is 8.73. The molecule has 156 valence electrons. The maximum Gasteiger partial charge on any atom is 0.262 e.